The van der Waals surface area contributed by atoms with Gasteiger partial charge in [-0.05, 0) is 30.4 Å². The Labute approximate surface area is 116 Å². The predicted octanol–water partition coefficient (Wildman–Crippen LogP) is 4.56. The molecule has 2 rings (SSSR count). The van der Waals surface area contributed by atoms with Gasteiger partial charge in [0.1, 0.15) is 0 Å². The highest BCUT2D eigenvalue weighted by atomic mass is 15.2. The van der Waals surface area contributed by atoms with Gasteiger partial charge in [0.05, 0.1) is 0 Å². The topological polar surface area (TPSA) is 3.24 Å². The number of benzene rings is 1. The van der Waals surface area contributed by atoms with Crippen LogP contribution in [0.4, 0.5) is 0 Å². The van der Waals surface area contributed by atoms with Crippen molar-refractivity contribution in [1.82, 2.24) is 4.90 Å². The van der Waals surface area contributed by atoms with Gasteiger partial charge < -0.3 is 4.90 Å². The van der Waals surface area contributed by atoms with Crippen molar-refractivity contribution in [2.75, 3.05) is 0 Å². The number of nitrogens with zero attached hydrogens (tertiary/aromatic N) is 1. The van der Waals surface area contributed by atoms with Crippen LogP contribution in [-0.2, 0) is 13.0 Å². The largest absolute Gasteiger partial charge is 0.361 e. The number of hydrogen-bond acceptors (Lipinski definition) is 1. The molecule has 1 aromatic rings. The third kappa shape index (κ3) is 2.51. The fourth-order valence-electron chi connectivity index (χ4n) is 2.85. The van der Waals surface area contributed by atoms with E-state index in [4.69, 9.17) is 0 Å². The van der Waals surface area contributed by atoms with Crippen molar-refractivity contribution in [3.63, 3.8) is 0 Å². The molecule has 0 spiro atoms. The van der Waals surface area contributed by atoms with Gasteiger partial charge in [-0.1, -0.05) is 43.9 Å². The summed E-state index contributed by atoms with van der Waals surface area (Å²) in [4.78, 5) is 2.38. The van der Waals surface area contributed by atoms with Crippen molar-refractivity contribution in [3.8, 4) is 0 Å². The molecule has 1 aliphatic heterocycles. The second-order valence-electron chi connectivity index (χ2n) is 5.04. The van der Waals surface area contributed by atoms with E-state index >= 15 is 0 Å². The van der Waals surface area contributed by atoms with E-state index in [-0.39, 0.29) is 0 Å². The maximum atomic E-state index is 4.28. The molecule has 1 heterocycles. The third-order valence-electron chi connectivity index (χ3n) is 3.98. The number of rotatable bonds is 6. The van der Waals surface area contributed by atoms with E-state index in [2.05, 4.69) is 49.8 Å². The summed E-state index contributed by atoms with van der Waals surface area (Å²) in [5, 5.41) is 0. The molecule has 1 heteroatoms. The Balaban J connectivity index is 2.26. The first-order chi connectivity index (χ1) is 9.22. The monoisotopic (exact) mass is 253 g/mol. The highest BCUT2D eigenvalue weighted by molar-refractivity contribution is 5.70. The summed E-state index contributed by atoms with van der Waals surface area (Å²) >= 11 is 0. The molecule has 0 saturated heterocycles. The van der Waals surface area contributed by atoms with Crippen molar-refractivity contribution in [2.45, 2.75) is 38.8 Å². The van der Waals surface area contributed by atoms with Crippen LogP contribution < -0.4 is 0 Å². The SMILES string of the molecule is C=CCCC(C=C)N1Cc2c(CC)cccc2C1=C. The van der Waals surface area contributed by atoms with Crippen molar-refractivity contribution < 1.29 is 0 Å². The lowest BCUT2D eigenvalue weighted by Gasteiger charge is -2.27. The van der Waals surface area contributed by atoms with Crippen LogP contribution in [0.25, 0.3) is 5.70 Å². The van der Waals surface area contributed by atoms with Crippen LogP contribution in [0, 0.1) is 0 Å². The molecule has 0 bridgehead atoms. The lowest BCUT2D eigenvalue weighted by molar-refractivity contribution is 0.333. The van der Waals surface area contributed by atoms with Crippen molar-refractivity contribution in [3.05, 3.63) is 66.8 Å². The van der Waals surface area contributed by atoms with E-state index in [1.807, 2.05) is 12.2 Å². The Kier molecular flexibility index (Phi) is 4.26. The van der Waals surface area contributed by atoms with Crippen LogP contribution in [0.3, 0.4) is 0 Å². The Hall–Kier alpha value is -1.76. The maximum Gasteiger partial charge on any atom is 0.0477 e. The summed E-state index contributed by atoms with van der Waals surface area (Å²) in [7, 11) is 0. The normalized spacial score (nSPS) is 15.2. The molecule has 1 aromatic carbocycles. The van der Waals surface area contributed by atoms with Crippen molar-refractivity contribution >= 4 is 5.70 Å². The molecule has 1 nitrogen and oxygen atoms in total. The molecule has 0 saturated carbocycles. The van der Waals surface area contributed by atoms with Gasteiger partial charge in [0.15, 0.2) is 0 Å². The molecule has 19 heavy (non-hydrogen) atoms. The molecule has 0 N–H and O–H groups in total. The minimum absolute atomic E-state index is 0.350. The predicted molar refractivity (Wildman–Crippen MR) is 83.8 cm³/mol. The van der Waals surface area contributed by atoms with Crippen LogP contribution in [0.1, 0.15) is 36.5 Å². The van der Waals surface area contributed by atoms with Crippen molar-refractivity contribution in [1.29, 1.82) is 0 Å². The number of aryl methyl sites for hydroxylation is 1. The lowest BCUT2D eigenvalue weighted by atomic mass is 10.0. The van der Waals surface area contributed by atoms with Crippen LogP contribution in [-0.4, -0.2) is 10.9 Å². The van der Waals surface area contributed by atoms with Gasteiger partial charge in [-0.15, -0.1) is 13.2 Å². The minimum atomic E-state index is 0.350. The summed E-state index contributed by atoms with van der Waals surface area (Å²) in [5.74, 6) is 0. The highest BCUT2D eigenvalue weighted by Crippen LogP contribution is 2.36. The number of allylic oxidation sites excluding steroid dienone is 1. The zero-order valence-electron chi connectivity index (χ0n) is 11.9. The molecule has 0 aliphatic carbocycles. The maximum absolute atomic E-state index is 4.28. The van der Waals surface area contributed by atoms with E-state index < -0.39 is 0 Å². The van der Waals surface area contributed by atoms with Gasteiger partial charge in [0.2, 0.25) is 0 Å². The zero-order chi connectivity index (χ0) is 13.8. The molecule has 100 valence electrons. The fourth-order valence-corrected chi connectivity index (χ4v) is 2.85. The average molecular weight is 253 g/mol. The first kappa shape index (κ1) is 13.7. The van der Waals surface area contributed by atoms with Gasteiger partial charge in [-0.3, -0.25) is 0 Å². The first-order valence-electron chi connectivity index (χ1n) is 7.03. The lowest BCUT2D eigenvalue weighted by Crippen LogP contribution is -2.27. The quantitative estimate of drug-likeness (QED) is 0.672. The zero-order valence-corrected chi connectivity index (χ0v) is 11.9. The van der Waals surface area contributed by atoms with Gasteiger partial charge in [-0.2, -0.15) is 0 Å². The Morgan fingerprint density at radius 1 is 1.37 bits per heavy atom. The van der Waals surface area contributed by atoms with Gasteiger partial charge >= 0.3 is 0 Å². The Bertz CT molecular complexity index is 498. The van der Waals surface area contributed by atoms with Crippen molar-refractivity contribution in [2.24, 2.45) is 0 Å². The molecule has 1 atom stereocenters. The number of fused-ring (bicyclic) bond motifs is 1. The molecular formula is C18H23N. The van der Waals surface area contributed by atoms with Gasteiger partial charge in [0.25, 0.3) is 0 Å². The fraction of sp³-hybridized carbons (Fsp3) is 0.333. The van der Waals surface area contributed by atoms with Gasteiger partial charge in [0, 0.05) is 23.8 Å². The standard InChI is InChI=1S/C18H23N/c1-5-8-11-16(7-3)19-13-18-15(6-2)10-9-12-17(18)14(19)4/h5,7,9-10,12,16H,1,3-4,6,8,11,13H2,2H3. The van der Waals surface area contributed by atoms with E-state index in [9.17, 15) is 0 Å². The van der Waals surface area contributed by atoms with E-state index in [0.717, 1.165) is 31.5 Å². The Morgan fingerprint density at radius 2 is 2.16 bits per heavy atom. The number of hydrogen-bond donors (Lipinski definition) is 0. The third-order valence-corrected chi connectivity index (χ3v) is 3.98. The minimum Gasteiger partial charge on any atom is -0.361 e. The summed E-state index contributed by atoms with van der Waals surface area (Å²) in [5.41, 5.74) is 5.33. The highest BCUT2D eigenvalue weighted by Gasteiger charge is 2.27. The first-order valence-corrected chi connectivity index (χ1v) is 7.03. The van der Waals surface area contributed by atoms with E-state index in [0.29, 0.717) is 6.04 Å². The summed E-state index contributed by atoms with van der Waals surface area (Å²) in [6.07, 6.45) is 7.15. The molecule has 0 radical (unpaired) electrons. The van der Waals surface area contributed by atoms with Crippen LogP contribution in [0.5, 0.6) is 0 Å². The van der Waals surface area contributed by atoms with E-state index in [1.165, 1.54) is 16.7 Å². The Morgan fingerprint density at radius 3 is 2.79 bits per heavy atom. The van der Waals surface area contributed by atoms with Crippen LogP contribution in [0.2, 0.25) is 0 Å². The summed E-state index contributed by atoms with van der Waals surface area (Å²) in [6, 6.07) is 6.90. The average Bonchev–Trinajstić information content (AvgIpc) is 2.77. The molecule has 0 fully saturated rings. The van der Waals surface area contributed by atoms with Gasteiger partial charge in [-0.25, -0.2) is 0 Å². The second kappa shape index (κ2) is 5.92. The molecule has 1 aliphatic rings. The summed E-state index contributed by atoms with van der Waals surface area (Å²) in [6.45, 7) is 15.2. The molecular weight excluding hydrogens is 230 g/mol. The molecule has 0 amide bonds. The van der Waals surface area contributed by atoms with E-state index in [1.54, 1.807) is 0 Å². The molecule has 1 unspecified atom stereocenters. The van der Waals surface area contributed by atoms with Crippen LogP contribution >= 0.6 is 0 Å². The van der Waals surface area contributed by atoms with Crippen LogP contribution in [0.15, 0.2) is 50.1 Å². The molecule has 0 aromatic heterocycles. The summed E-state index contributed by atoms with van der Waals surface area (Å²) < 4.78 is 0. The second-order valence-corrected chi connectivity index (χ2v) is 5.04. The smallest absolute Gasteiger partial charge is 0.0477 e.